The first-order valence-electron chi connectivity index (χ1n) is 9.77. The summed E-state index contributed by atoms with van der Waals surface area (Å²) < 4.78 is 11.0. The molecule has 1 aliphatic rings. The Morgan fingerprint density at radius 2 is 1.89 bits per heavy atom. The molecule has 0 saturated carbocycles. The number of hydrogen-bond acceptors (Lipinski definition) is 5. The lowest BCUT2D eigenvalue weighted by Crippen LogP contribution is -2.39. The maximum absolute atomic E-state index is 12.7. The molecule has 1 aromatic carbocycles. The second-order valence-corrected chi connectivity index (χ2v) is 8.29. The van der Waals surface area contributed by atoms with Gasteiger partial charge in [0.05, 0.1) is 19.4 Å². The summed E-state index contributed by atoms with van der Waals surface area (Å²) in [6, 6.07) is 11.2. The summed E-state index contributed by atoms with van der Waals surface area (Å²) in [5, 5.41) is 8.44. The zero-order valence-electron chi connectivity index (χ0n) is 17.1. The van der Waals surface area contributed by atoms with Crippen LogP contribution in [-0.4, -0.2) is 47.8 Å². The summed E-state index contributed by atoms with van der Waals surface area (Å²) in [4.78, 5) is 14.6. The molecule has 3 rings (SSSR count). The van der Waals surface area contributed by atoms with Crippen LogP contribution in [0.1, 0.15) is 49.7 Å². The Kier molecular flexibility index (Phi) is 6.17. The van der Waals surface area contributed by atoms with Gasteiger partial charge in [-0.1, -0.05) is 26.8 Å². The van der Waals surface area contributed by atoms with Crippen LogP contribution in [0.5, 0.6) is 11.6 Å². The number of ether oxygens (including phenoxy) is 2. The van der Waals surface area contributed by atoms with Crippen molar-refractivity contribution < 1.29 is 14.3 Å². The maximum Gasteiger partial charge on any atom is 0.253 e. The number of hydrogen-bond donors (Lipinski definition) is 0. The molecule has 6 nitrogen and oxygen atoms in total. The second-order valence-electron chi connectivity index (χ2n) is 8.29. The molecule has 0 aliphatic carbocycles. The number of rotatable bonds is 5. The van der Waals surface area contributed by atoms with Gasteiger partial charge >= 0.3 is 0 Å². The largest absolute Gasteiger partial charge is 0.497 e. The highest BCUT2D eigenvalue weighted by Gasteiger charge is 2.24. The number of carbonyl (C=O) groups is 1. The minimum Gasteiger partial charge on any atom is -0.497 e. The summed E-state index contributed by atoms with van der Waals surface area (Å²) in [6.45, 7) is 8.40. The Balaban J connectivity index is 1.48. The monoisotopic (exact) mass is 383 g/mol. The van der Waals surface area contributed by atoms with Gasteiger partial charge in [0.25, 0.3) is 5.91 Å². The molecule has 0 bridgehead atoms. The Labute approximate surface area is 166 Å². The molecule has 2 aromatic rings. The van der Waals surface area contributed by atoms with Crippen LogP contribution in [0.2, 0.25) is 0 Å². The van der Waals surface area contributed by atoms with Gasteiger partial charge in [-0.15, -0.1) is 5.10 Å². The lowest BCUT2D eigenvalue weighted by atomic mass is 9.92. The molecule has 0 atom stereocenters. The van der Waals surface area contributed by atoms with E-state index in [1.54, 1.807) is 13.2 Å². The predicted molar refractivity (Wildman–Crippen MR) is 108 cm³/mol. The van der Waals surface area contributed by atoms with E-state index in [4.69, 9.17) is 9.47 Å². The summed E-state index contributed by atoms with van der Waals surface area (Å²) in [5.41, 5.74) is 1.60. The molecule has 0 spiro atoms. The average Bonchev–Trinajstić information content (AvgIpc) is 2.72. The summed E-state index contributed by atoms with van der Waals surface area (Å²) >= 11 is 0. The molecule has 28 heavy (non-hydrogen) atoms. The Morgan fingerprint density at radius 3 is 2.50 bits per heavy atom. The highest BCUT2D eigenvalue weighted by atomic mass is 16.5. The lowest BCUT2D eigenvalue weighted by molar-refractivity contribution is 0.0658. The number of benzene rings is 1. The van der Waals surface area contributed by atoms with Crippen molar-refractivity contribution in [3.05, 3.63) is 47.7 Å². The number of methoxy groups -OCH3 is 1. The van der Waals surface area contributed by atoms with E-state index >= 15 is 0 Å². The number of piperidine rings is 1. The van der Waals surface area contributed by atoms with Gasteiger partial charge in [0.1, 0.15) is 5.75 Å². The average molecular weight is 383 g/mol. The van der Waals surface area contributed by atoms with Crippen molar-refractivity contribution in [3.63, 3.8) is 0 Å². The molecule has 1 fully saturated rings. The number of carbonyl (C=O) groups excluding carboxylic acids is 1. The molecule has 2 heterocycles. The third-order valence-electron chi connectivity index (χ3n) is 5.09. The van der Waals surface area contributed by atoms with Crippen LogP contribution >= 0.6 is 0 Å². The van der Waals surface area contributed by atoms with E-state index in [0.717, 1.165) is 31.6 Å². The predicted octanol–water partition coefficient (Wildman–Crippen LogP) is 3.71. The zero-order chi connectivity index (χ0) is 20.1. The van der Waals surface area contributed by atoms with E-state index in [-0.39, 0.29) is 11.3 Å². The SMILES string of the molecule is COc1cccc(C(=O)N2CCC(COc3ccc(C(C)(C)C)nn3)CC2)c1. The van der Waals surface area contributed by atoms with E-state index in [2.05, 4.69) is 31.0 Å². The van der Waals surface area contributed by atoms with Crippen LogP contribution in [0.25, 0.3) is 0 Å². The molecule has 1 saturated heterocycles. The quantitative estimate of drug-likeness (QED) is 0.787. The molecular weight excluding hydrogens is 354 g/mol. The first kappa shape index (κ1) is 20.1. The number of aromatic nitrogens is 2. The van der Waals surface area contributed by atoms with Gasteiger partial charge in [-0.25, -0.2) is 0 Å². The summed E-state index contributed by atoms with van der Waals surface area (Å²) in [5.74, 6) is 1.73. The Bertz CT molecular complexity index is 791. The topological polar surface area (TPSA) is 64.5 Å². The van der Waals surface area contributed by atoms with Gasteiger partial charge < -0.3 is 14.4 Å². The van der Waals surface area contributed by atoms with Crippen LogP contribution in [-0.2, 0) is 5.41 Å². The van der Waals surface area contributed by atoms with Crippen molar-refractivity contribution in [2.75, 3.05) is 26.8 Å². The van der Waals surface area contributed by atoms with Gasteiger partial charge in [0, 0.05) is 30.1 Å². The van der Waals surface area contributed by atoms with Crippen molar-refractivity contribution in [1.29, 1.82) is 0 Å². The summed E-state index contributed by atoms with van der Waals surface area (Å²) in [7, 11) is 1.61. The van der Waals surface area contributed by atoms with E-state index in [1.165, 1.54) is 0 Å². The van der Waals surface area contributed by atoms with Crippen molar-refractivity contribution in [2.24, 2.45) is 5.92 Å². The van der Waals surface area contributed by atoms with Crippen LogP contribution in [0.3, 0.4) is 0 Å². The van der Waals surface area contributed by atoms with Crippen molar-refractivity contribution in [2.45, 2.75) is 39.0 Å². The van der Waals surface area contributed by atoms with Crippen molar-refractivity contribution in [1.82, 2.24) is 15.1 Å². The highest BCUT2D eigenvalue weighted by molar-refractivity contribution is 5.94. The molecule has 6 heteroatoms. The maximum atomic E-state index is 12.7. The Morgan fingerprint density at radius 1 is 1.14 bits per heavy atom. The Hall–Kier alpha value is -2.63. The van der Waals surface area contributed by atoms with Crippen LogP contribution < -0.4 is 9.47 Å². The highest BCUT2D eigenvalue weighted by Crippen LogP contribution is 2.23. The molecule has 0 radical (unpaired) electrons. The fourth-order valence-electron chi connectivity index (χ4n) is 3.24. The normalized spacial score (nSPS) is 15.4. The third kappa shape index (κ3) is 5.00. The smallest absolute Gasteiger partial charge is 0.253 e. The van der Waals surface area contributed by atoms with Gasteiger partial charge in [0.15, 0.2) is 0 Å². The fraction of sp³-hybridized carbons (Fsp3) is 0.500. The second kappa shape index (κ2) is 8.59. The molecule has 1 amide bonds. The van der Waals surface area contributed by atoms with E-state index in [1.807, 2.05) is 35.2 Å². The van der Waals surface area contributed by atoms with E-state index in [9.17, 15) is 4.79 Å². The standard InChI is InChI=1S/C22H29N3O3/c1-22(2,3)19-8-9-20(24-23-19)28-15-16-10-12-25(13-11-16)21(26)17-6-5-7-18(14-17)27-4/h5-9,14,16H,10-13,15H2,1-4H3. The molecular formula is C22H29N3O3. The first-order chi connectivity index (χ1) is 13.4. The van der Waals surface area contributed by atoms with Gasteiger partial charge in [-0.3, -0.25) is 4.79 Å². The first-order valence-corrected chi connectivity index (χ1v) is 9.77. The zero-order valence-corrected chi connectivity index (χ0v) is 17.1. The summed E-state index contributed by atoms with van der Waals surface area (Å²) in [6.07, 6.45) is 1.84. The minimum atomic E-state index is -0.0202. The van der Waals surface area contributed by atoms with Gasteiger partial charge in [-0.2, -0.15) is 5.10 Å². The van der Waals surface area contributed by atoms with E-state index < -0.39 is 0 Å². The van der Waals surface area contributed by atoms with Gasteiger partial charge in [-0.05, 0) is 43.0 Å². The minimum absolute atomic E-state index is 0.0202. The van der Waals surface area contributed by atoms with Crippen LogP contribution in [0.15, 0.2) is 36.4 Å². The molecule has 1 aromatic heterocycles. The third-order valence-corrected chi connectivity index (χ3v) is 5.09. The van der Waals surface area contributed by atoms with Crippen LogP contribution in [0, 0.1) is 5.92 Å². The molecule has 150 valence electrons. The number of amides is 1. The van der Waals surface area contributed by atoms with E-state index in [0.29, 0.717) is 29.7 Å². The van der Waals surface area contributed by atoms with Crippen molar-refractivity contribution in [3.8, 4) is 11.6 Å². The molecule has 0 N–H and O–H groups in total. The number of likely N-dealkylation sites (tertiary alicyclic amines) is 1. The molecule has 0 unspecified atom stereocenters. The van der Waals surface area contributed by atoms with Crippen molar-refractivity contribution >= 4 is 5.91 Å². The molecule has 1 aliphatic heterocycles. The van der Waals surface area contributed by atoms with Crippen LogP contribution in [0.4, 0.5) is 0 Å². The van der Waals surface area contributed by atoms with Gasteiger partial charge in [0.2, 0.25) is 5.88 Å². The fourth-order valence-corrected chi connectivity index (χ4v) is 3.24. The lowest BCUT2D eigenvalue weighted by Gasteiger charge is -2.32. The number of nitrogens with zero attached hydrogens (tertiary/aromatic N) is 3.